The molecule has 1 aliphatic rings. The normalized spacial score (nSPS) is 15.3. The van der Waals surface area contributed by atoms with Gasteiger partial charge < -0.3 is 19.5 Å². The van der Waals surface area contributed by atoms with Crippen molar-refractivity contribution in [3.63, 3.8) is 0 Å². The highest BCUT2D eigenvalue weighted by molar-refractivity contribution is 5.56. The van der Waals surface area contributed by atoms with Gasteiger partial charge in [-0.15, -0.1) is 0 Å². The molecule has 0 amide bonds. The van der Waals surface area contributed by atoms with Crippen LogP contribution in [0, 0.1) is 6.92 Å². The molecule has 0 aromatic carbocycles. The number of rotatable bonds is 7. The second kappa shape index (κ2) is 8.58. The van der Waals surface area contributed by atoms with Crippen molar-refractivity contribution >= 4 is 5.82 Å². The van der Waals surface area contributed by atoms with Gasteiger partial charge in [-0.2, -0.15) is 5.10 Å². The van der Waals surface area contributed by atoms with Crippen molar-refractivity contribution < 1.29 is 4.42 Å². The maximum absolute atomic E-state index is 5.70. The Morgan fingerprint density at radius 3 is 2.61 bits per heavy atom. The van der Waals surface area contributed by atoms with E-state index < -0.39 is 0 Å². The molecule has 28 heavy (non-hydrogen) atoms. The number of piperazine rings is 1. The van der Waals surface area contributed by atoms with Crippen LogP contribution in [-0.4, -0.2) is 52.8 Å². The van der Waals surface area contributed by atoms with Gasteiger partial charge in [0.25, 0.3) is 0 Å². The first kappa shape index (κ1) is 18.7. The van der Waals surface area contributed by atoms with Crippen LogP contribution in [0.3, 0.4) is 0 Å². The van der Waals surface area contributed by atoms with Gasteiger partial charge in [0.1, 0.15) is 17.3 Å². The van der Waals surface area contributed by atoms with Crippen molar-refractivity contribution in [3.05, 3.63) is 53.5 Å². The molecule has 0 atom stereocenters. The fourth-order valence-corrected chi connectivity index (χ4v) is 3.57. The lowest BCUT2D eigenvalue weighted by molar-refractivity contribution is 0.270. The molecule has 4 heterocycles. The van der Waals surface area contributed by atoms with E-state index in [1.165, 1.54) is 5.56 Å². The van der Waals surface area contributed by atoms with Crippen LogP contribution < -0.4 is 10.2 Å². The predicted octanol–water partition coefficient (Wildman–Crippen LogP) is 2.80. The third-order valence-electron chi connectivity index (χ3n) is 5.30. The topological polar surface area (TPSA) is 73.2 Å². The molecule has 1 aliphatic heterocycles. The largest absolute Gasteiger partial charge is 0.460 e. The average Bonchev–Trinajstić information content (AvgIpc) is 3.37. The van der Waals surface area contributed by atoms with E-state index in [-0.39, 0.29) is 0 Å². The smallest absolute Gasteiger partial charge is 0.152 e. The van der Waals surface area contributed by atoms with E-state index >= 15 is 0 Å². The van der Waals surface area contributed by atoms with E-state index in [4.69, 9.17) is 4.42 Å². The van der Waals surface area contributed by atoms with Gasteiger partial charge in [0.05, 0.1) is 6.20 Å². The maximum Gasteiger partial charge on any atom is 0.152 e. The van der Waals surface area contributed by atoms with Gasteiger partial charge in [0.2, 0.25) is 0 Å². The Morgan fingerprint density at radius 2 is 1.93 bits per heavy atom. The quantitative estimate of drug-likeness (QED) is 0.657. The number of pyridine rings is 1. The molecule has 0 radical (unpaired) electrons. The van der Waals surface area contributed by atoms with E-state index in [2.05, 4.69) is 49.4 Å². The first-order valence-corrected chi connectivity index (χ1v) is 9.95. The highest BCUT2D eigenvalue weighted by Gasteiger charge is 2.16. The maximum atomic E-state index is 5.70. The van der Waals surface area contributed by atoms with E-state index in [0.717, 1.165) is 67.9 Å². The van der Waals surface area contributed by atoms with Crippen LogP contribution in [0.1, 0.15) is 23.8 Å². The van der Waals surface area contributed by atoms with Gasteiger partial charge in [-0.1, -0.05) is 13.0 Å². The molecule has 3 aromatic rings. The molecule has 148 valence electrons. The van der Waals surface area contributed by atoms with Crippen LogP contribution in [0.2, 0.25) is 0 Å². The molecule has 0 unspecified atom stereocenters. The SMILES string of the molecule is CCN1CCN(c2ccc(CNCc3cn[nH]c3-c3ccc(C)o3)cn2)CC1. The molecule has 1 saturated heterocycles. The summed E-state index contributed by atoms with van der Waals surface area (Å²) in [5.74, 6) is 2.79. The van der Waals surface area contributed by atoms with Crippen molar-refractivity contribution in [1.82, 2.24) is 25.4 Å². The Kier molecular flexibility index (Phi) is 5.73. The average molecular weight is 380 g/mol. The van der Waals surface area contributed by atoms with Gasteiger partial charge in [-0.05, 0) is 37.2 Å². The lowest BCUT2D eigenvalue weighted by atomic mass is 10.2. The fourth-order valence-electron chi connectivity index (χ4n) is 3.57. The van der Waals surface area contributed by atoms with Crippen molar-refractivity contribution in [1.29, 1.82) is 0 Å². The van der Waals surface area contributed by atoms with E-state index in [1.807, 2.05) is 31.5 Å². The minimum absolute atomic E-state index is 0.715. The number of hydrogen-bond donors (Lipinski definition) is 2. The van der Waals surface area contributed by atoms with Crippen molar-refractivity contribution in [2.45, 2.75) is 26.9 Å². The zero-order valence-electron chi connectivity index (χ0n) is 16.6. The van der Waals surface area contributed by atoms with Gasteiger partial charge in [0.15, 0.2) is 5.76 Å². The molecule has 1 fully saturated rings. The molecular weight excluding hydrogens is 352 g/mol. The Morgan fingerprint density at radius 1 is 1.07 bits per heavy atom. The Labute approximate surface area is 165 Å². The first-order chi connectivity index (χ1) is 13.7. The fraction of sp³-hybridized carbons (Fsp3) is 0.429. The van der Waals surface area contributed by atoms with Crippen LogP contribution in [0.4, 0.5) is 5.82 Å². The number of likely N-dealkylation sites (N-methyl/N-ethyl adjacent to an activating group) is 1. The van der Waals surface area contributed by atoms with Gasteiger partial charge in [-0.25, -0.2) is 4.98 Å². The predicted molar refractivity (Wildman–Crippen MR) is 110 cm³/mol. The standard InChI is InChI=1S/C21H28N6O/c1-3-26-8-10-27(11-9-26)20-7-5-17(13-23-20)12-22-14-18-15-24-25-21(18)19-6-4-16(2)28-19/h4-7,13,15,22H,3,8-12,14H2,1-2H3,(H,24,25). The van der Waals surface area contributed by atoms with Crippen LogP contribution in [0.5, 0.6) is 0 Å². The molecule has 7 nitrogen and oxygen atoms in total. The van der Waals surface area contributed by atoms with Crippen molar-refractivity contribution in [2.24, 2.45) is 0 Å². The van der Waals surface area contributed by atoms with Crippen LogP contribution in [0.25, 0.3) is 11.5 Å². The van der Waals surface area contributed by atoms with Crippen LogP contribution in [-0.2, 0) is 13.1 Å². The summed E-state index contributed by atoms with van der Waals surface area (Å²) in [5.41, 5.74) is 3.20. The third kappa shape index (κ3) is 4.26. The summed E-state index contributed by atoms with van der Waals surface area (Å²) in [5, 5.41) is 10.7. The number of H-pyrrole nitrogens is 1. The number of anilines is 1. The Bertz CT molecular complexity index is 876. The van der Waals surface area contributed by atoms with E-state index in [0.29, 0.717) is 6.54 Å². The summed E-state index contributed by atoms with van der Waals surface area (Å²) in [7, 11) is 0. The molecule has 0 bridgehead atoms. The molecular formula is C21H28N6O. The van der Waals surface area contributed by atoms with Gasteiger partial charge in [0, 0.05) is 51.0 Å². The summed E-state index contributed by atoms with van der Waals surface area (Å²) < 4.78 is 5.70. The second-order valence-electron chi connectivity index (χ2n) is 7.23. The number of furan rings is 1. The number of aromatic nitrogens is 3. The second-order valence-corrected chi connectivity index (χ2v) is 7.23. The minimum atomic E-state index is 0.715. The zero-order chi connectivity index (χ0) is 19.3. The third-order valence-corrected chi connectivity index (χ3v) is 5.30. The van der Waals surface area contributed by atoms with Gasteiger partial charge >= 0.3 is 0 Å². The summed E-state index contributed by atoms with van der Waals surface area (Å²) >= 11 is 0. The Balaban J connectivity index is 1.30. The van der Waals surface area contributed by atoms with Crippen LogP contribution >= 0.6 is 0 Å². The van der Waals surface area contributed by atoms with Crippen molar-refractivity contribution in [3.8, 4) is 11.5 Å². The molecule has 0 aliphatic carbocycles. The molecule has 2 N–H and O–H groups in total. The van der Waals surface area contributed by atoms with E-state index in [1.54, 1.807) is 0 Å². The molecule has 3 aromatic heterocycles. The lowest BCUT2D eigenvalue weighted by Gasteiger charge is -2.34. The minimum Gasteiger partial charge on any atom is -0.460 e. The number of nitrogens with one attached hydrogen (secondary N) is 2. The first-order valence-electron chi connectivity index (χ1n) is 9.95. The summed E-state index contributed by atoms with van der Waals surface area (Å²) in [4.78, 5) is 9.51. The molecule has 7 heteroatoms. The molecule has 0 spiro atoms. The summed E-state index contributed by atoms with van der Waals surface area (Å²) in [6.45, 7) is 11.1. The molecule has 4 rings (SSSR count). The van der Waals surface area contributed by atoms with E-state index in [9.17, 15) is 0 Å². The highest BCUT2D eigenvalue weighted by atomic mass is 16.3. The summed E-state index contributed by atoms with van der Waals surface area (Å²) in [6.07, 6.45) is 3.82. The summed E-state index contributed by atoms with van der Waals surface area (Å²) in [6, 6.07) is 8.22. The number of hydrogen-bond acceptors (Lipinski definition) is 6. The highest BCUT2D eigenvalue weighted by Crippen LogP contribution is 2.23. The van der Waals surface area contributed by atoms with Crippen LogP contribution in [0.15, 0.2) is 41.1 Å². The number of aromatic amines is 1. The zero-order valence-corrected chi connectivity index (χ0v) is 16.6. The monoisotopic (exact) mass is 380 g/mol. The number of aryl methyl sites for hydroxylation is 1. The number of nitrogens with zero attached hydrogens (tertiary/aromatic N) is 4. The lowest BCUT2D eigenvalue weighted by Crippen LogP contribution is -2.46. The molecule has 0 saturated carbocycles. The van der Waals surface area contributed by atoms with Crippen molar-refractivity contribution in [2.75, 3.05) is 37.6 Å². The van der Waals surface area contributed by atoms with Gasteiger partial charge in [-0.3, -0.25) is 5.10 Å². The Hall–Kier alpha value is -2.64.